The first-order valence-electron chi connectivity index (χ1n) is 7.10. The number of nitrogens with zero attached hydrogens (tertiary/aromatic N) is 1. The Kier molecular flexibility index (Phi) is 4.77. The zero-order valence-electron chi connectivity index (χ0n) is 11.9. The number of carboxylic acid groups (broad SMARTS) is 1. The van der Waals surface area contributed by atoms with Crippen molar-refractivity contribution < 1.29 is 19.1 Å². The predicted octanol–water partition coefficient (Wildman–Crippen LogP) is 3.18. The number of urea groups is 1. The standard InChI is InChI=1S/C15H19FN2O3/c1-2-10-4-3-7-18(9-10)15(21)17-11-5-6-12(14(19)20)13(16)8-11/h5-6,8,10H,2-4,7,9H2,1H3,(H,17,21)(H,19,20). The minimum atomic E-state index is -1.33. The average molecular weight is 294 g/mol. The Labute approximate surface area is 122 Å². The van der Waals surface area contributed by atoms with Crippen LogP contribution in [0.4, 0.5) is 14.9 Å². The van der Waals surface area contributed by atoms with E-state index in [1.807, 2.05) is 0 Å². The molecule has 5 nitrogen and oxygen atoms in total. The maximum absolute atomic E-state index is 13.6. The third-order valence-electron chi connectivity index (χ3n) is 3.83. The highest BCUT2D eigenvalue weighted by molar-refractivity contribution is 5.91. The largest absolute Gasteiger partial charge is 0.478 e. The Morgan fingerprint density at radius 2 is 2.24 bits per heavy atom. The third-order valence-corrected chi connectivity index (χ3v) is 3.83. The van der Waals surface area contributed by atoms with Gasteiger partial charge in [0.1, 0.15) is 5.82 Å². The van der Waals surface area contributed by atoms with Gasteiger partial charge in [0.25, 0.3) is 0 Å². The second-order valence-corrected chi connectivity index (χ2v) is 5.29. The van der Waals surface area contributed by atoms with Crippen LogP contribution in [0.15, 0.2) is 18.2 Å². The SMILES string of the molecule is CCC1CCCN(C(=O)Nc2ccc(C(=O)O)c(F)c2)C1. The van der Waals surface area contributed by atoms with Crippen LogP contribution in [-0.4, -0.2) is 35.1 Å². The summed E-state index contributed by atoms with van der Waals surface area (Å²) in [5.41, 5.74) is -0.141. The van der Waals surface area contributed by atoms with E-state index in [0.29, 0.717) is 19.0 Å². The van der Waals surface area contributed by atoms with Crippen molar-refractivity contribution in [3.63, 3.8) is 0 Å². The van der Waals surface area contributed by atoms with Crippen molar-refractivity contribution in [3.8, 4) is 0 Å². The van der Waals surface area contributed by atoms with Crippen LogP contribution < -0.4 is 5.32 Å². The molecule has 1 aromatic carbocycles. The molecule has 1 aliphatic heterocycles. The van der Waals surface area contributed by atoms with Crippen LogP contribution in [0.25, 0.3) is 0 Å². The molecule has 0 saturated carbocycles. The normalized spacial score (nSPS) is 18.4. The number of benzene rings is 1. The number of rotatable bonds is 3. The van der Waals surface area contributed by atoms with Gasteiger partial charge in [-0.15, -0.1) is 0 Å². The number of aromatic carboxylic acids is 1. The van der Waals surface area contributed by atoms with Crippen LogP contribution in [0.5, 0.6) is 0 Å². The molecule has 2 rings (SSSR count). The molecule has 0 radical (unpaired) electrons. The molecule has 2 N–H and O–H groups in total. The topological polar surface area (TPSA) is 69.6 Å². The molecular weight excluding hydrogens is 275 g/mol. The van der Waals surface area contributed by atoms with Gasteiger partial charge in [0, 0.05) is 18.8 Å². The lowest BCUT2D eigenvalue weighted by Gasteiger charge is -2.32. The summed E-state index contributed by atoms with van der Waals surface area (Å²) in [5, 5.41) is 11.4. The van der Waals surface area contributed by atoms with Crippen molar-refractivity contribution in [2.75, 3.05) is 18.4 Å². The highest BCUT2D eigenvalue weighted by Gasteiger charge is 2.22. The molecule has 1 unspecified atom stereocenters. The van der Waals surface area contributed by atoms with Gasteiger partial charge >= 0.3 is 12.0 Å². The molecule has 2 amide bonds. The minimum Gasteiger partial charge on any atom is -0.478 e. The van der Waals surface area contributed by atoms with E-state index in [0.717, 1.165) is 31.4 Å². The molecule has 1 aliphatic rings. The number of halogens is 1. The Morgan fingerprint density at radius 3 is 2.86 bits per heavy atom. The molecule has 1 fully saturated rings. The lowest BCUT2D eigenvalue weighted by Crippen LogP contribution is -2.42. The van der Waals surface area contributed by atoms with E-state index in [9.17, 15) is 14.0 Å². The lowest BCUT2D eigenvalue weighted by atomic mass is 9.96. The average Bonchev–Trinajstić information content (AvgIpc) is 2.47. The minimum absolute atomic E-state index is 0.265. The van der Waals surface area contributed by atoms with Gasteiger partial charge in [-0.1, -0.05) is 13.3 Å². The number of anilines is 1. The molecule has 0 bridgehead atoms. The summed E-state index contributed by atoms with van der Waals surface area (Å²) in [6.07, 6.45) is 3.13. The first-order valence-corrected chi connectivity index (χ1v) is 7.10. The first-order chi connectivity index (χ1) is 10.0. The molecule has 114 valence electrons. The molecule has 0 aromatic heterocycles. The Bertz CT molecular complexity index is 548. The van der Waals surface area contributed by atoms with E-state index >= 15 is 0 Å². The van der Waals surface area contributed by atoms with Gasteiger partial charge in [0.2, 0.25) is 0 Å². The molecular formula is C15H19FN2O3. The quantitative estimate of drug-likeness (QED) is 0.899. The second kappa shape index (κ2) is 6.56. The molecule has 1 heterocycles. The molecule has 0 aliphatic carbocycles. The maximum Gasteiger partial charge on any atom is 0.338 e. The van der Waals surface area contributed by atoms with Crippen LogP contribution >= 0.6 is 0 Å². The van der Waals surface area contributed by atoms with Gasteiger partial charge < -0.3 is 15.3 Å². The molecule has 21 heavy (non-hydrogen) atoms. The molecule has 6 heteroatoms. The number of carbonyl (C=O) groups excluding carboxylic acids is 1. The van der Waals surface area contributed by atoms with Crippen LogP contribution in [0.3, 0.4) is 0 Å². The van der Waals surface area contributed by atoms with Crippen LogP contribution in [-0.2, 0) is 0 Å². The Hall–Kier alpha value is -2.11. The molecule has 1 aromatic rings. The van der Waals surface area contributed by atoms with Crippen molar-refractivity contribution >= 4 is 17.7 Å². The first kappa shape index (κ1) is 15.3. The van der Waals surface area contributed by atoms with Gasteiger partial charge in [-0.05, 0) is 37.0 Å². The summed E-state index contributed by atoms with van der Waals surface area (Å²) in [6.45, 7) is 3.50. The maximum atomic E-state index is 13.6. The number of carboxylic acids is 1. The van der Waals surface area contributed by atoms with E-state index in [2.05, 4.69) is 12.2 Å². The number of nitrogens with one attached hydrogen (secondary N) is 1. The fourth-order valence-corrected chi connectivity index (χ4v) is 2.55. The zero-order chi connectivity index (χ0) is 15.4. The zero-order valence-corrected chi connectivity index (χ0v) is 11.9. The van der Waals surface area contributed by atoms with E-state index in [1.165, 1.54) is 6.07 Å². The Balaban J connectivity index is 2.02. The third kappa shape index (κ3) is 3.71. The molecule has 0 spiro atoms. The highest BCUT2D eigenvalue weighted by atomic mass is 19.1. The van der Waals surface area contributed by atoms with E-state index in [1.54, 1.807) is 4.90 Å². The monoisotopic (exact) mass is 294 g/mol. The van der Waals surface area contributed by atoms with Crippen LogP contribution in [0.1, 0.15) is 36.5 Å². The van der Waals surface area contributed by atoms with Crippen molar-refractivity contribution in [2.45, 2.75) is 26.2 Å². The van der Waals surface area contributed by atoms with Gasteiger partial charge in [0.05, 0.1) is 5.56 Å². The number of amides is 2. The molecule has 1 atom stereocenters. The van der Waals surface area contributed by atoms with Gasteiger partial charge in [-0.2, -0.15) is 0 Å². The van der Waals surface area contributed by atoms with E-state index in [-0.39, 0.29) is 11.7 Å². The molecule has 1 saturated heterocycles. The number of carbonyl (C=O) groups is 2. The summed E-state index contributed by atoms with van der Waals surface area (Å²) in [4.78, 5) is 24.6. The highest BCUT2D eigenvalue weighted by Crippen LogP contribution is 2.21. The summed E-state index contributed by atoms with van der Waals surface area (Å²) in [5.74, 6) is -1.67. The smallest absolute Gasteiger partial charge is 0.338 e. The van der Waals surface area contributed by atoms with E-state index < -0.39 is 17.3 Å². The van der Waals surface area contributed by atoms with Gasteiger partial charge in [-0.25, -0.2) is 14.0 Å². The Morgan fingerprint density at radius 1 is 1.48 bits per heavy atom. The summed E-state index contributed by atoms with van der Waals surface area (Å²) in [7, 11) is 0. The summed E-state index contributed by atoms with van der Waals surface area (Å²) >= 11 is 0. The number of hydrogen-bond donors (Lipinski definition) is 2. The van der Waals surface area contributed by atoms with Crippen molar-refractivity contribution in [2.24, 2.45) is 5.92 Å². The van der Waals surface area contributed by atoms with Crippen molar-refractivity contribution in [3.05, 3.63) is 29.6 Å². The number of likely N-dealkylation sites (tertiary alicyclic amines) is 1. The lowest BCUT2D eigenvalue weighted by molar-refractivity contribution is 0.0692. The summed E-state index contributed by atoms with van der Waals surface area (Å²) in [6, 6.07) is 3.31. The predicted molar refractivity (Wildman–Crippen MR) is 77.0 cm³/mol. The van der Waals surface area contributed by atoms with Crippen molar-refractivity contribution in [1.29, 1.82) is 0 Å². The number of hydrogen-bond acceptors (Lipinski definition) is 2. The van der Waals surface area contributed by atoms with E-state index in [4.69, 9.17) is 5.11 Å². The van der Waals surface area contributed by atoms with Gasteiger partial charge in [0.15, 0.2) is 0 Å². The van der Waals surface area contributed by atoms with Gasteiger partial charge in [-0.3, -0.25) is 0 Å². The fraction of sp³-hybridized carbons (Fsp3) is 0.467. The second-order valence-electron chi connectivity index (χ2n) is 5.29. The number of piperidine rings is 1. The summed E-state index contributed by atoms with van der Waals surface area (Å²) < 4.78 is 13.6. The fourth-order valence-electron chi connectivity index (χ4n) is 2.55. The van der Waals surface area contributed by atoms with Crippen molar-refractivity contribution in [1.82, 2.24) is 4.90 Å². The van der Waals surface area contributed by atoms with Crippen LogP contribution in [0.2, 0.25) is 0 Å². The van der Waals surface area contributed by atoms with Crippen LogP contribution in [0, 0.1) is 11.7 Å².